The van der Waals surface area contributed by atoms with Gasteiger partial charge in [0.2, 0.25) is 5.91 Å². The van der Waals surface area contributed by atoms with Gasteiger partial charge in [0.05, 0.1) is 11.3 Å². The molecule has 21 heavy (non-hydrogen) atoms. The second-order valence-electron chi connectivity index (χ2n) is 4.22. The maximum absolute atomic E-state index is 13.7. The van der Waals surface area contributed by atoms with Gasteiger partial charge in [-0.2, -0.15) is 0 Å². The van der Waals surface area contributed by atoms with E-state index in [9.17, 15) is 14.0 Å². The van der Waals surface area contributed by atoms with Gasteiger partial charge in [-0.25, -0.2) is 4.39 Å². The van der Waals surface area contributed by atoms with Crippen molar-refractivity contribution in [2.75, 3.05) is 10.6 Å². The molecule has 2 aromatic rings. The summed E-state index contributed by atoms with van der Waals surface area (Å²) in [6.07, 6.45) is 2.91. The molecule has 2 amide bonds. The van der Waals surface area contributed by atoms with Crippen LogP contribution in [0, 0.1) is 5.82 Å². The number of halogens is 2. The lowest BCUT2D eigenvalue weighted by Crippen LogP contribution is -2.14. The van der Waals surface area contributed by atoms with Gasteiger partial charge in [-0.1, -0.05) is 0 Å². The van der Waals surface area contributed by atoms with Crippen molar-refractivity contribution in [3.05, 3.63) is 52.5 Å². The Morgan fingerprint density at radius 3 is 2.62 bits per heavy atom. The van der Waals surface area contributed by atoms with Crippen LogP contribution in [0.2, 0.25) is 0 Å². The minimum absolute atomic E-state index is 0.0220. The number of nitrogens with one attached hydrogen (secondary N) is 2. The maximum Gasteiger partial charge on any atom is 0.257 e. The van der Waals surface area contributed by atoms with E-state index < -0.39 is 11.7 Å². The van der Waals surface area contributed by atoms with Crippen molar-refractivity contribution in [2.45, 2.75) is 6.92 Å². The molecule has 0 bridgehead atoms. The molecule has 0 spiro atoms. The average molecular weight is 352 g/mol. The minimum Gasteiger partial charge on any atom is -0.326 e. The van der Waals surface area contributed by atoms with E-state index in [1.54, 1.807) is 6.07 Å². The molecule has 2 rings (SSSR count). The Labute approximate surface area is 128 Å². The predicted octanol–water partition coefficient (Wildman–Crippen LogP) is 3.19. The van der Waals surface area contributed by atoms with Crippen molar-refractivity contribution < 1.29 is 14.0 Å². The van der Waals surface area contributed by atoms with Gasteiger partial charge < -0.3 is 10.6 Å². The van der Waals surface area contributed by atoms with E-state index in [2.05, 4.69) is 31.5 Å². The molecule has 0 saturated heterocycles. The van der Waals surface area contributed by atoms with Crippen LogP contribution in [0.25, 0.3) is 0 Å². The summed E-state index contributed by atoms with van der Waals surface area (Å²) in [6.45, 7) is 1.34. The van der Waals surface area contributed by atoms with Gasteiger partial charge >= 0.3 is 0 Å². The fourth-order valence-electron chi connectivity index (χ4n) is 1.63. The number of amides is 2. The SMILES string of the molecule is CC(=O)Nc1ccc(F)c(NC(=O)c2cncc(Br)c2)c1. The van der Waals surface area contributed by atoms with Crippen molar-refractivity contribution in [1.82, 2.24) is 4.98 Å². The number of carbonyl (C=O) groups excluding carboxylic acids is 2. The number of hydrogen-bond acceptors (Lipinski definition) is 3. The lowest BCUT2D eigenvalue weighted by atomic mass is 10.2. The van der Waals surface area contributed by atoms with E-state index in [4.69, 9.17) is 0 Å². The normalized spacial score (nSPS) is 10.0. The molecule has 2 N–H and O–H groups in total. The fraction of sp³-hybridized carbons (Fsp3) is 0.0714. The van der Waals surface area contributed by atoms with Crippen LogP contribution < -0.4 is 10.6 Å². The molecule has 7 heteroatoms. The lowest BCUT2D eigenvalue weighted by molar-refractivity contribution is -0.114. The Kier molecular flexibility index (Phi) is 4.64. The monoisotopic (exact) mass is 351 g/mol. The molecule has 0 aliphatic rings. The first-order valence-corrected chi connectivity index (χ1v) is 6.74. The zero-order valence-electron chi connectivity index (χ0n) is 11.0. The van der Waals surface area contributed by atoms with Crippen molar-refractivity contribution >= 4 is 39.1 Å². The molecule has 0 saturated carbocycles. The lowest BCUT2D eigenvalue weighted by Gasteiger charge is -2.09. The second-order valence-corrected chi connectivity index (χ2v) is 5.14. The third-order valence-electron chi connectivity index (χ3n) is 2.50. The minimum atomic E-state index is -0.597. The third-order valence-corrected chi connectivity index (χ3v) is 2.94. The van der Waals surface area contributed by atoms with Gasteiger partial charge in [-0.05, 0) is 40.2 Å². The van der Waals surface area contributed by atoms with E-state index in [1.807, 2.05) is 0 Å². The number of carbonyl (C=O) groups is 2. The quantitative estimate of drug-likeness (QED) is 0.891. The summed E-state index contributed by atoms with van der Waals surface area (Å²) >= 11 is 3.21. The maximum atomic E-state index is 13.7. The number of benzene rings is 1. The van der Waals surface area contributed by atoms with Crippen LogP contribution in [0.4, 0.5) is 15.8 Å². The number of rotatable bonds is 3. The molecule has 1 aromatic carbocycles. The number of aromatic nitrogens is 1. The average Bonchev–Trinajstić information content (AvgIpc) is 2.42. The summed E-state index contributed by atoms with van der Waals surface area (Å²) < 4.78 is 14.4. The second kappa shape index (κ2) is 6.45. The molecule has 0 aliphatic heterocycles. The molecule has 0 fully saturated rings. The topological polar surface area (TPSA) is 71.1 Å². The van der Waals surface area contributed by atoms with Crippen LogP contribution in [0.1, 0.15) is 17.3 Å². The molecule has 1 aromatic heterocycles. The Balaban J connectivity index is 2.22. The Morgan fingerprint density at radius 1 is 1.19 bits per heavy atom. The predicted molar refractivity (Wildman–Crippen MR) is 80.6 cm³/mol. The van der Waals surface area contributed by atoms with Crippen molar-refractivity contribution in [3.8, 4) is 0 Å². The van der Waals surface area contributed by atoms with E-state index in [0.29, 0.717) is 10.2 Å². The van der Waals surface area contributed by atoms with E-state index in [1.165, 1.54) is 37.5 Å². The largest absolute Gasteiger partial charge is 0.326 e. The molecule has 1 heterocycles. The van der Waals surface area contributed by atoms with E-state index in [0.717, 1.165) is 0 Å². The molecule has 5 nitrogen and oxygen atoms in total. The first kappa shape index (κ1) is 15.1. The van der Waals surface area contributed by atoms with Crippen LogP contribution in [-0.2, 0) is 4.79 Å². The van der Waals surface area contributed by atoms with Gasteiger partial charge in [0.25, 0.3) is 5.91 Å². The summed E-state index contributed by atoms with van der Waals surface area (Å²) in [5, 5.41) is 4.96. The van der Waals surface area contributed by atoms with Crippen LogP contribution in [0.15, 0.2) is 41.1 Å². The van der Waals surface area contributed by atoms with Crippen molar-refractivity contribution in [2.24, 2.45) is 0 Å². The van der Waals surface area contributed by atoms with Crippen molar-refractivity contribution in [3.63, 3.8) is 0 Å². The summed E-state index contributed by atoms with van der Waals surface area (Å²) in [5.41, 5.74) is 0.659. The zero-order chi connectivity index (χ0) is 15.4. The van der Waals surface area contributed by atoms with Crippen LogP contribution >= 0.6 is 15.9 Å². The molecule has 0 aliphatic carbocycles. The van der Waals surface area contributed by atoms with Gasteiger partial charge in [0.1, 0.15) is 5.82 Å². The summed E-state index contributed by atoms with van der Waals surface area (Å²) in [6, 6.07) is 5.49. The number of anilines is 2. The number of nitrogens with zero attached hydrogens (tertiary/aromatic N) is 1. The van der Waals surface area contributed by atoms with E-state index >= 15 is 0 Å². The van der Waals surface area contributed by atoms with E-state index in [-0.39, 0.29) is 17.2 Å². The first-order chi connectivity index (χ1) is 9.95. The first-order valence-electron chi connectivity index (χ1n) is 5.95. The Morgan fingerprint density at radius 2 is 1.95 bits per heavy atom. The van der Waals surface area contributed by atoms with Crippen LogP contribution in [-0.4, -0.2) is 16.8 Å². The Hall–Kier alpha value is -2.28. The van der Waals surface area contributed by atoms with Crippen LogP contribution in [0.3, 0.4) is 0 Å². The Bertz CT molecular complexity index is 706. The number of pyridine rings is 1. The van der Waals surface area contributed by atoms with Crippen LogP contribution in [0.5, 0.6) is 0 Å². The summed E-state index contributed by atoms with van der Waals surface area (Å²) in [4.78, 5) is 26.9. The molecule has 0 radical (unpaired) electrons. The van der Waals surface area contributed by atoms with Crippen molar-refractivity contribution in [1.29, 1.82) is 0 Å². The summed E-state index contributed by atoms with van der Waals surface area (Å²) in [5.74, 6) is -1.38. The molecule has 108 valence electrons. The van der Waals surface area contributed by atoms with Gasteiger partial charge in [-0.3, -0.25) is 14.6 Å². The zero-order valence-corrected chi connectivity index (χ0v) is 12.6. The molecular formula is C14H11BrFN3O2. The number of hydrogen-bond donors (Lipinski definition) is 2. The van der Waals surface area contributed by atoms with Gasteiger partial charge in [0, 0.05) is 29.5 Å². The highest BCUT2D eigenvalue weighted by Gasteiger charge is 2.11. The summed E-state index contributed by atoms with van der Waals surface area (Å²) in [7, 11) is 0. The smallest absolute Gasteiger partial charge is 0.257 e. The third kappa shape index (κ3) is 4.09. The standard InChI is InChI=1S/C14H11BrFN3O2/c1-8(20)18-11-2-3-12(16)13(5-11)19-14(21)9-4-10(15)7-17-6-9/h2-7H,1H3,(H,18,20)(H,19,21). The highest BCUT2D eigenvalue weighted by atomic mass is 79.9. The molecular weight excluding hydrogens is 341 g/mol. The highest BCUT2D eigenvalue weighted by molar-refractivity contribution is 9.10. The molecule has 0 unspecified atom stereocenters. The van der Waals surface area contributed by atoms with Gasteiger partial charge in [-0.15, -0.1) is 0 Å². The highest BCUT2D eigenvalue weighted by Crippen LogP contribution is 2.21. The van der Waals surface area contributed by atoms with Gasteiger partial charge in [0.15, 0.2) is 0 Å². The fourth-order valence-corrected chi connectivity index (χ4v) is 2.00. The molecule has 0 atom stereocenters.